The summed E-state index contributed by atoms with van der Waals surface area (Å²) in [6.07, 6.45) is 1.76. The van der Waals surface area contributed by atoms with Gasteiger partial charge >= 0.3 is 7.12 Å². The van der Waals surface area contributed by atoms with E-state index < -0.39 is 7.12 Å². The molecule has 0 saturated carbocycles. The van der Waals surface area contributed by atoms with Crippen LogP contribution in [0.15, 0.2) is 268 Å². The van der Waals surface area contributed by atoms with E-state index >= 15 is 0 Å². The number of aromatic nitrogens is 1. The molecule has 12 rings (SSSR count). The normalized spacial score (nSPS) is 10.6. The molecule has 1 aromatic heterocycles. The summed E-state index contributed by atoms with van der Waals surface area (Å²) in [4.78, 5) is 4.30. The molecule has 0 aliphatic heterocycles. The maximum absolute atomic E-state index is 8.58. The van der Waals surface area contributed by atoms with Crippen LogP contribution in [-0.4, -0.2) is 22.2 Å². The number of oxazole rings is 1. The van der Waals surface area contributed by atoms with Gasteiger partial charge in [0, 0.05) is 20.1 Å². The first-order valence-corrected chi connectivity index (χ1v) is 23.8. The van der Waals surface area contributed by atoms with Crippen LogP contribution in [0.25, 0.3) is 88.1 Å². The summed E-state index contributed by atoms with van der Waals surface area (Å²) in [5.74, 6) is 1.45. The SMILES string of the molecule is Brc1c2ccccc2c(Br)c2ccccc12.OB(O)c1ccccc1.c1ccc(-c2c3ccccc3c(-c3ccccc3)c3ccccc23)cc1.c1ccc(-c2cnc(-c3ccccc3)o2)cc1. The van der Waals surface area contributed by atoms with Crippen molar-refractivity contribution >= 4 is 87.5 Å². The van der Waals surface area contributed by atoms with Gasteiger partial charge in [0.1, 0.15) is 0 Å². The van der Waals surface area contributed by atoms with E-state index in [4.69, 9.17) is 14.5 Å². The first-order valence-electron chi connectivity index (χ1n) is 22.2. The number of hydrogen-bond acceptors (Lipinski definition) is 4. The van der Waals surface area contributed by atoms with Gasteiger partial charge in [0.25, 0.3) is 0 Å². The van der Waals surface area contributed by atoms with Gasteiger partial charge in [-0.15, -0.1) is 0 Å². The van der Waals surface area contributed by atoms with Gasteiger partial charge in [0.2, 0.25) is 5.89 Å². The Labute approximate surface area is 413 Å². The molecule has 11 aromatic carbocycles. The van der Waals surface area contributed by atoms with Crippen molar-refractivity contribution in [2.24, 2.45) is 0 Å². The molecule has 0 atom stereocenters. The van der Waals surface area contributed by atoms with Crippen LogP contribution in [0.4, 0.5) is 0 Å². The van der Waals surface area contributed by atoms with Crippen LogP contribution in [-0.2, 0) is 0 Å². The third kappa shape index (κ3) is 10.3. The van der Waals surface area contributed by atoms with Crippen LogP contribution in [0.3, 0.4) is 0 Å². The third-order valence-electron chi connectivity index (χ3n) is 11.5. The summed E-state index contributed by atoms with van der Waals surface area (Å²) < 4.78 is 8.08. The molecule has 0 unspecified atom stereocenters. The smallest absolute Gasteiger partial charge is 0.436 e. The van der Waals surface area contributed by atoms with Crippen molar-refractivity contribution in [2.75, 3.05) is 0 Å². The Morgan fingerprint density at radius 3 is 0.926 bits per heavy atom. The third-order valence-corrected chi connectivity index (χ3v) is 13.2. The fourth-order valence-corrected chi connectivity index (χ4v) is 9.71. The molecule has 328 valence electrons. The Balaban J connectivity index is 0.000000121. The fourth-order valence-electron chi connectivity index (χ4n) is 8.33. The molecule has 7 heteroatoms. The number of hydrogen-bond donors (Lipinski definition) is 2. The Morgan fingerprint density at radius 2 is 0.603 bits per heavy atom. The Morgan fingerprint density at radius 1 is 0.324 bits per heavy atom. The Bertz CT molecular complexity index is 3230. The van der Waals surface area contributed by atoms with E-state index in [1.807, 2.05) is 66.7 Å². The number of halogens is 2. The van der Waals surface area contributed by atoms with E-state index in [2.05, 4.69) is 195 Å². The first kappa shape index (κ1) is 45.8. The zero-order chi connectivity index (χ0) is 46.7. The highest BCUT2D eigenvalue weighted by atomic mass is 79.9. The van der Waals surface area contributed by atoms with Crippen LogP contribution < -0.4 is 5.46 Å². The Hall–Kier alpha value is -7.39. The van der Waals surface area contributed by atoms with Gasteiger partial charge < -0.3 is 14.5 Å². The molecule has 0 aliphatic rings. The van der Waals surface area contributed by atoms with Gasteiger partial charge in [0.15, 0.2) is 5.76 Å². The van der Waals surface area contributed by atoms with Gasteiger partial charge in [-0.25, -0.2) is 4.98 Å². The van der Waals surface area contributed by atoms with Crippen LogP contribution in [0.2, 0.25) is 0 Å². The van der Waals surface area contributed by atoms with Crippen molar-refractivity contribution in [3.63, 3.8) is 0 Å². The van der Waals surface area contributed by atoms with Crippen LogP contribution in [0.1, 0.15) is 0 Å². The standard InChI is InChI=1S/C26H18.C15H11NO.C14H8Br2.C6H7BO2/c1-3-11-19(12-4-1)25-21-15-7-9-17-23(21)26(20-13-5-2-6-14-20)24-18-10-8-16-22(24)25;1-3-7-12(8-4-1)14-11-16-15(17-14)13-9-5-2-6-10-13;15-13-9-5-1-2-6-10(9)14(16)12-8-4-3-7-11(12)13;8-7(9)6-4-2-1-3-5-6/h1-18H;1-11H;1-8H;1-5,8-9H. The molecular formula is C61H44BBr2NO3. The zero-order valence-corrected chi connectivity index (χ0v) is 40.0. The molecule has 0 saturated heterocycles. The van der Waals surface area contributed by atoms with E-state index in [9.17, 15) is 0 Å². The summed E-state index contributed by atoms with van der Waals surface area (Å²) in [7, 11) is -1.34. The lowest BCUT2D eigenvalue weighted by Gasteiger charge is -2.17. The molecule has 0 spiro atoms. The second-order valence-corrected chi connectivity index (χ2v) is 17.4. The van der Waals surface area contributed by atoms with Crippen molar-refractivity contribution in [3.05, 3.63) is 264 Å². The highest BCUT2D eigenvalue weighted by molar-refractivity contribution is 9.11. The lowest BCUT2D eigenvalue weighted by molar-refractivity contribution is 0.426. The highest BCUT2D eigenvalue weighted by Crippen LogP contribution is 2.43. The molecule has 0 bridgehead atoms. The minimum atomic E-state index is -1.34. The fraction of sp³-hybridized carbons (Fsp3) is 0. The molecular weight excluding hydrogens is 965 g/mol. The van der Waals surface area contributed by atoms with Crippen LogP contribution >= 0.6 is 31.9 Å². The first-order chi connectivity index (χ1) is 33.5. The van der Waals surface area contributed by atoms with E-state index in [-0.39, 0.29) is 0 Å². The maximum Gasteiger partial charge on any atom is 0.488 e. The van der Waals surface area contributed by atoms with Crippen LogP contribution in [0.5, 0.6) is 0 Å². The largest absolute Gasteiger partial charge is 0.488 e. The van der Waals surface area contributed by atoms with E-state index in [0.717, 1.165) is 16.9 Å². The van der Waals surface area contributed by atoms with Crippen molar-refractivity contribution in [1.82, 2.24) is 4.98 Å². The predicted molar refractivity (Wildman–Crippen MR) is 293 cm³/mol. The average Bonchev–Trinajstić information content (AvgIpc) is 3.92. The summed E-state index contributed by atoms with van der Waals surface area (Å²) in [5.41, 5.74) is 7.72. The Kier molecular flexibility index (Phi) is 14.8. The molecule has 0 radical (unpaired) electrons. The number of nitrogens with zero attached hydrogens (tertiary/aromatic N) is 1. The summed E-state index contributed by atoms with van der Waals surface area (Å²) in [5, 5.41) is 27.3. The van der Waals surface area contributed by atoms with Gasteiger partial charge in [-0.3, -0.25) is 0 Å². The van der Waals surface area contributed by atoms with Crippen LogP contribution in [0, 0.1) is 0 Å². The van der Waals surface area contributed by atoms with Gasteiger partial charge in [-0.05, 0) is 115 Å². The summed E-state index contributed by atoms with van der Waals surface area (Å²) in [6, 6.07) is 84.3. The summed E-state index contributed by atoms with van der Waals surface area (Å²) >= 11 is 7.39. The molecule has 12 aromatic rings. The van der Waals surface area contributed by atoms with Crippen molar-refractivity contribution in [1.29, 1.82) is 0 Å². The molecule has 1 heterocycles. The lowest BCUT2D eigenvalue weighted by Crippen LogP contribution is -2.29. The number of fused-ring (bicyclic) bond motifs is 4. The van der Waals surface area contributed by atoms with Gasteiger partial charge in [-0.2, -0.15) is 0 Å². The van der Waals surface area contributed by atoms with Crippen molar-refractivity contribution in [2.45, 2.75) is 0 Å². The highest BCUT2D eigenvalue weighted by Gasteiger charge is 2.16. The minimum absolute atomic E-state index is 0.525. The predicted octanol–water partition coefficient (Wildman–Crippen LogP) is 16.2. The van der Waals surface area contributed by atoms with Crippen molar-refractivity contribution in [3.8, 4) is 45.0 Å². The maximum atomic E-state index is 8.58. The topological polar surface area (TPSA) is 66.5 Å². The lowest BCUT2D eigenvalue weighted by atomic mass is 9.81. The quantitative estimate of drug-likeness (QED) is 0.133. The van der Waals surface area contributed by atoms with Gasteiger partial charge in [0.05, 0.1) is 6.20 Å². The zero-order valence-electron chi connectivity index (χ0n) is 36.8. The molecule has 0 amide bonds. The second kappa shape index (κ2) is 21.9. The second-order valence-electron chi connectivity index (χ2n) is 15.8. The molecule has 2 N–H and O–H groups in total. The molecule has 4 nitrogen and oxygen atoms in total. The van der Waals surface area contributed by atoms with E-state index in [1.165, 1.54) is 74.3 Å². The average molecular weight is 1010 g/mol. The molecule has 0 fully saturated rings. The van der Waals surface area contributed by atoms with E-state index in [0.29, 0.717) is 11.4 Å². The summed E-state index contributed by atoms with van der Waals surface area (Å²) in [6.45, 7) is 0. The molecule has 68 heavy (non-hydrogen) atoms. The monoisotopic (exact) mass is 1010 g/mol. The van der Waals surface area contributed by atoms with E-state index in [1.54, 1.807) is 30.5 Å². The molecule has 0 aliphatic carbocycles. The number of benzene rings is 11. The minimum Gasteiger partial charge on any atom is -0.436 e. The van der Waals surface area contributed by atoms with Crippen molar-refractivity contribution < 1.29 is 14.5 Å². The number of rotatable bonds is 5. The van der Waals surface area contributed by atoms with Gasteiger partial charge in [-0.1, -0.05) is 237 Å².